The Bertz CT molecular complexity index is 968. The van der Waals surface area contributed by atoms with Crippen LogP contribution in [-0.4, -0.2) is 34.0 Å². The number of carbonyl (C=O) groups excluding carboxylic acids is 1. The van der Waals surface area contributed by atoms with Crippen molar-refractivity contribution < 1.29 is 13.9 Å². The smallest absolute Gasteiger partial charge is 0.257 e. The van der Waals surface area contributed by atoms with Crippen LogP contribution in [0.1, 0.15) is 21.7 Å². The van der Waals surface area contributed by atoms with Gasteiger partial charge < -0.3 is 14.2 Å². The number of hydrogen-bond donors (Lipinski definition) is 0. The second kappa shape index (κ2) is 8.99. The van der Waals surface area contributed by atoms with Crippen LogP contribution in [0.3, 0.4) is 0 Å². The minimum absolute atomic E-state index is 0.0373. The molecule has 28 heavy (non-hydrogen) atoms. The molecule has 0 aliphatic heterocycles. The van der Waals surface area contributed by atoms with E-state index >= 15 is 0 Å². The average molecular weight is 379 g/mol. The number of amides is 1. The summed E-state index contributed by atoms with van der Waals surface area (Å²) in [5, 5.41) is 0. The van der Waals surface area contributed by atoms with Gasteiger partial charge in [-0.15, -0.1) is 6.58 Å². The second-order valence-electron chi connectivity index (χ2n) is 6.28. The SMILES string of the molecule is C=CCN(Cc1nccn1Cc1cccc(OC)c1)C(=O)c1ccccc1F. The third-order valence-electron chi connectivity index (χ3n) is 4.36. The van der Waals surface area contributed by atoms with Crippen molar-refractivity contribution in [3.8, 4) is 5.75 Å². The first kappa shape index (κ1) is 19.4. The second-order valence-corrected chi connectivity index (χ2v) is 6.28. The molecule has 0 aliphatic rings. The molecule has 6 heteroatoms. The molecule has 0 saturated heterocycles. The van der Waals surface area contributed by atoms with E-state index in [2.05, 4.69) is 11.6 Å². The first-order valence-electron chi connectivity index (χ1n) is 8.90. The van der Waals surface area contributed by atoms with Gasteiger partial charge in [0, 0.05) is 25.5 Å². The molecular weight excluding hydrogens is 357 g/mol. The van der Waals surface area contributed by atoms with Gasteiger partial charge in [-0.2, -0.15) is 0 Å². The summed E-state index contributed by atoms with van der Waals surface area (Å²) in [5.74, 6) is 0.548. The van der Waals surface area contributed by atoms with Gasteiger partial charge in [-0.25, -0.2) is 9.37 Å². The van der Waals surface area contributed by atoms with Crippen molar-refractivity contribution >= 4 is 5.91 Å². The molecule has 1 heterocycles. The van der Waals surface area contributed by atoms with Crippen LogP contribution in [0.4, 0.5) is 4.39 Å². The normalized spacial score (nSPS) is 10.5. The fourth-order valence-corrected chi connectivity index (χ4v) is 2.95. The lowest BCUT2D eigenvalue weighted by Gasteiger charge is -2.22. The quantitative estimate of drug-likeness (QED) is 0.558. The van der Waals surface area contributed by atoms with Crippen LogP contribution in [0.2, 0.25) is 0 Å². The van der Waals surface area contributed by atoms with Crippen LogP contribution in [0.25, 0.3) is 0 Å². The molecule has 0 saturated carbocycles. The lowest BCUT2D eigenvalue weighted by Crippen LogP contribution is -2.32. The maximum Gasteiger partial charge on any atom is 0.257 e. The number of nitrogens with zero attached hydrogens (tertiary/aromatic N) is 3. The summed E-state index contributed by atoms with van der Waals surface area (Å²) in [6.45, 7) is 4.83. The molecular formula is C22H22FN3O2. The molecule has 0 radical (unpaired) electrons. The van der Waals surface area contributed by atoms with Gasteiger partial charge in [0.25, 0.3) is 5.91 Å². The van der Waals surface area contributed by atoms with Crippen molar-refractivity contribution in [1.29, 1.82) is 0 Å². The Labute approximate surface area is 163 Å². The van der Waals surface area contributed by atoms with Crippen molar-refractivity contribution in [3.05, 3.63) is 96.3 Å². The molecule has 2 aromatic carbocycles. The summed E-state index contributed by atoms with van der Waals surface area (Å²) in [5.41, 5.74) is 1.09. The molecule has 0 unspecified atom stereocenters. The number of benzene rings is 2. The van der Waals surface area contributed by atoms with Crippen LogP contribution in [0.15, 0.2) is 73.6 Å². The Kier molecular flexibility index (Phi) is 6.22. The van der Waals surface area contributed by atoms with Gasteiger partial charge in [0.05, 0.1) is 19.2 Å². The number of aromatic nitrogens is 2. The molecule has 0 bridgehead atoms. The zero-order chi connectivity index (χ0) is 19.9. The summed E-state index contributed by atoms with van der Waals surface area (Å²) in [6.07, 6.45) is 5.16. The van der Waals surface area contributed by atoms with Gasteiger partial charge in [0.1, 0.15) is 17.4 Å². The number of ether oxygens (including phenoxy) is 1. The highest BCUT2D eigenvalue weighted by Crippen LogP contribution is 2.16. The number of halogens is 1. The van der Waals surface area contributed by atoms with E-state index in [1.807, 2.05) is 35.0 Å². The lowest BCUT2D eigenvalue weighted by atomic mass is 10.2. The fourth-order valence-electron chi connectivity index (χ4n) is 2.95. The molecule has 1 aromatic heterocycles. The molecule has 0 N–H and O–H groups in total. The molecule has 0 spiro atoms. The van der Waals surface area contributed by atoms with E-state index < -0.39 is 11.7 Å². The van der Waals surface area contributed by atoms with Gasteiger partial charge in [-0.1, -0.05) is 30.3 Å². The highest BCUT2D eigenvalue weighted by atomic mass is 19.1. The van der Waals surface area contributed by atoms with Crippen LogP contribution >= 0.6 is 0 Å². The Hall–Kier alpha value is -3.41. The Morgan fingerprint density at radius 2 is 2.11 bits per heavy atom. The van der Waals surface area contributed by atoms with Gasteiger partial charge in [-0.05, 0) is 29.8 Å². The number of methoxy groups -OCH3 is 1. The molecule has 0 atom stereocenters. The summed E-state index contributed by atoms with van der Waals surface area (Å²) < 4.78 is 21.3. The molecule has 3 rings (SSSR count). The summed E-state index contributed by atoms with van der Waals surface area (Å²) in [4.78, 5) is 18.7. The van der Waals surface area contributed by atoms with E-state index in [0.29, 0.717) is 18.9 Å². The molecule has 3 aromatic rings. The fraction of sp³-hybridized carbons (Fsp3) is 0.182. The molecule has 0 fully saturated rings. The molecule has 0 aliphatic carbocycles. The Morgan fingerprint density at radius 1 is 1.29 bits per heavy atom. The summed E-state index contributed by atoms with van der Waals surface area (Å²) in [7, 11) is 1.63. The van der Waals surface area contributed by atoms with E-state index in [1.54, 1.807) is 31.5 Å². The van der Waals surface area contributed by atoms with Crippen molar-refractivity contribution in [1.82, 2.24) is 14.5 Å². The number of rotatable bonds is 8. The van der Waals surface area contributed by atoms with E-state index in [9.17, 15) is 9.18 Å². The van der Waals surface area contributed by atoms with Crippen molar-refractivity contribution in [2.45, 2.75) is 13.1 Å². The van der Waals surface area contributed by atoms with Gasteiger partial charge in [0.15, 0.2) is 0 Å². The highest BCUT2D eigenvalue weighted by Gasteiger charge is 2.20. The maximum atomic E-state index is 14.1. The van der Waals surface area contributed by atoms with Gasteiger partial charge >= 0.3 is 0 Å². The minimum Gasteiger partial charge on any atom is -0.497 e. The topological polar surface area (TPSA) is 47.4 Å². The van der Waals surface area contributed by atoms with Crippen LogP contribution in [0.5, 0.6) is 5.75 Å². The zero-order valence-corrected chi connectivity index (χ0v) is 15.7. The lowest BCUT2D eigenvalue weighted by molar-refractivity contribution is 0.0752. The standard InChI is InChI=1S/C22H22FN3O2/c1-3-12-26(22(27)19-9-4-5-10-20(19)23)16-21-24-11-13-25(21)15-17-7-6-8-18(14-17)28-2/h3-11,13-14H,1,12,15-16H2,2H3. The van der Waals surface area contributed by atoms with Crippen molar-refractivity contribution in [3.63, 3.8) is 0 Å². The van der Waals surface area contributed by atoms with Gasteiger partial charge in [-0.3, -0.25) is 4.79 Å². The van der Waals surface area contributed by atoms with Crippen molar-refractivity contribution in [2.24, 2.45) is 0 Å². The Balaban J connectivity index is 1.81. The third-order valence-corrected chi connectivity index (χ3v) is 4.36. The van der Waals surface area contributed by atoms with E-state index in [4.69, 9.17) is 4.74 Å². The first-order valence-corrected chi connectivity index (χ1v) is 8.90. The van der Waals surface area contributed by atoms with Gasteiger partial charge in [0.2, 0.25) is 0 Å². The molecule has 1 amide bonds. The number of hydrogen-bond acceptors (Lipinski definition) is 3. The zero-order valence-electron chi connectivity index (χ0n) is 15.7. The number of carbonyl (C=O) groups is 1. The van der Waals surface area contributed by atoms with E-state index in [0.717, 1.165) is 11.3 Å². The molecule has 5 nitrogen and oxygen atoms in total. The monoisotopic (exact) mass is 379 g/mol. The third kappa shape index (κ3) is 4.46. The predicted molar refractivity (Wildman–Crippen MR) is 106 cm³/mol. The van der Waals surface area contributed by atoms with Crippen LogP contribution in [-0.2, 0) is 13.1 Å². The first-order chi connectivity index (χ1) is 13.6. The Morgan fingerprint density at radius 3 is 2.86 bits per heavy atom. The minimum atomic E-state index is -0.540. The number of imidazole rings is 1. The van der Waals surface area contributed by atoms with Crippen molar-refractivity contribution in [2.75, 3.05) is 13.7 Å². The van der Waals surface area contributed by atoms with Crippen LogP contribution < -0.4 is 4.74 Å². The summed E-state index contributed by atoms with van der Waals surface area (Å²) in [6, 6.07) is 13.7. The van der Waals surface area contributed by atoms with E-state index in [1.165, 1.54) is 17.0 Å². The summed E-state index contributed by atoms with van der Waals surface area (Å²) >= 11 is 0. The largest absolute Gasteiger partial charge is 0.497 e. The highest BCUT2D eigenvalue weighted by molar-refractivity contribution is 5.94. The average Bonchev–Trinajstić information content (AvgIpc) is 3.14. The maximum absolute atomic E-state index is 14.1. The van der Waals surface area contributed by atoms with E-state index in [-0.39, 0.29) is 12.1 Å². The van der Waals surface area contributed by atoms with Crippen LogP contribution in [0, 0.1) is 5.82 Å². The predicted octanol–water partition coefficient (Wildman–Crippen LogP) is 3.91. The molecule has 144 valence electrons.